The molecule has 1 aromatic rings. The first-order valence-electron chi connectivity index (χ1n) is 6.75. The first-order valence-corrected chi connectivity index (χ1v) is 6.75. The number of rotatable bonds is 7. The van der Waals surface area contributed by atoms with Crippen molar-refractivity contribution in [1.82, 2.24) is 10.2 Å². The Morgan fingerprint density at radius 3 is 2.32 bits per heavy atom. The van der Waals surface area contributed by atoms with Crippen LogP contribution < -0.4 is 10.2 Å². The molecule has 0 heterocycles. The molecule has 1 amide bonds. The summed E-state index contributed by atoms with van der Waals surface area (Å²) in [5.41, 5.74) is 2.33. The summed E-state index contributed by atoms with van der Waals surface area (Å²) in [4.78, 5) is 15.2. The van der Waals surface area contributed by atoms with Gasteiger partial charge in [-0.05, 0) is 30.7 Å². The molecule has 1 aromatic carbocycles. The van der Waals surface area contributed by atoms with E-state index in [1.807, 2.05) is 11.9 Å². The number of amides is 1. The zero-order valence-corrected chi connectivity index (χ0v) is 12.4. The third-order valence-corrected chi connectivity index (χ3v) is 3.00. The lowest BCUT2D eigenvalue weighted by molar-refractivity contribution is -0.127. The maximum Gasteiger partial charge on any atom is 0.241 e. The molecule has 4 nitrogen and oxygen atoms in total. The lowest BCUT2D eigenvalue weighted by atomic mass is 10.2. The van der Waals surface area contributed by atoms with Crippen molar-refractivity contribution < 1.29 is 4.79 Å². The van der Waals surface area contributed by atoms with E-state index >= 15 is 0 Å². The minimum absolute atomic E-state index is 0.108. The fourth-order valence-electron chi connectivity index (χ4n) is 1.71. The van der Waals surface area contributed by atoms with Crippen LogP contribution in [-0.4, -0.2) is 45.0 Å². The minimum Gasteiger partial charge on any atom is -0.365 e. The summed E-state index contributed by atoms with van der Waals surface area (Å²) in [6, 6.07) is 8.33. The van der Waals surface area contributed by atoms with Gasteiger partial charge in [0, 0.05) is 33.4 Å². The van der Waals surface area contributed by atoms with Gasteiger partial charge in [-0.3, -0.25) is 4.79 Å². The molecular weight excluding hydrogens is 238 g/mol. The van der Waals surface area contributed by atoms with Crippen LogP contribution in [0.5, 0.6) is 0 Å². The van der Waals surface area contributed by atoms with E-state index in [4.69, 9.17) is 0 Å². The van der Waals surface area contributed by atoms with E-state index in [1.54, 1.807) is 19.0 Å². The van der Waals surface area contributed by atoms with Gasteiger partial charge in [0.15, 0.2) is 0 Å². The number of benzene rings is 1. The van der Waals surface area contributed by atoms with Crippen molar-refractivity contribution >= 4 is 11.6 Å². The van der Waals surface area contributed by atoms with Gasteiger partial charge < -0.3 is 15.1 Å². The number of carbonyl (C=O) groups excluding carboxylic acids is 1. The van der Waals surface area contributed by atoms with Crippen LogP contribution in [0.15, 0.2) is 24.3 Å². The zero-order valence-electron chi connectivity index (χ0n) is 12.4. The van der Waals surface area contributed by atoms with Crippen LogP contribution in [0.3, 0.4) is 0 Å². The van der Waals surface area contributed by atoms with E-state index in [0.29, 0.717) is 6.54 Å². The Kier molecular flexibility index (Phi) is 6.36. The number of hydrogen-bond donors (Lipinski definition) is 1. The second kappa shape index (κ2) is 7.79. The van der Waals surface area contributed by atoms with Crippen LogP contribution in [-0.2, 0) is 11.3 Å². The molecule has 1 N–H and O–H groups in total. The molecule has 0 bridgehead atoms. The number of nitrogens with zero attached hydrogens (tertiary/aromatic N) is 2. The highest BCUT2D eigenvalue weighted by atomic mass is 16.2. The third kappa shape index (κ3) is 5.30. The monoisotopic (exact) mass is 263 g/mol. The van der Waals surface area contributed by atoms with Crippen LogP contribution in [0, 0.1) is 0 Å². The molecule has 0 aliphatic rings. The van der Waals surface area contributed by atoms with Crippen LogP contribution in [0.2, 0.25) is 0 Å². The minimum atomic E-state index is 0.108. The molecule has 19 heavy (non-hydrogen) atoms. The molecule has 0 atom stereocenters. The summed E-state index contributed by atoms with van der Waals surface area (Å²) in [7, 11) is 5.49. The largest absolute Gasteiger partial charge is 0.365 e. The third-order valence-electron chi connectivity index (χ3n) is 3.00. The smallest absolute Gasteiger partial charge is 0.241 e. The van der Waals surface area contributed by atoms with E-state index in [-0.39, 0.29) is 5.91 Å². The van der Waals surface area contributed by atoms with Gasteiger partial charge >= 0.3 is 0 Å². The van der Waals surface area contributed by atoms with E-state index in [0.717, 1.165) is 25.2 Å². The highest BCUT2D eigenvalue weighted by Gasteiger charge is 2.08. The number of hydrogen-bond acceptors (Lipinski definition) is 3. The van der Waals surface area contributed by atoms with Gasteiger partial charge in [-0.25, -0.2) is 0 Å². The summed E-state index contributed by atoms with van der Waals surface area (Å²) in [5, 5.41) is 3.37. The number of nitrogens with one attached hydrogen (secondary N) is 1. The second-order valence-electron chi connectivity index (χ2n) is 4.99. The quantitative estimate of drug-likeness (QED) is 0.761. The number of likely N-dealkylation sites (N-methyl/N-ethyl adjacent to an activating group) is 2. The molecule has 1 rings (SSSR count). The highest BCUT2D eigenvalue weighted by Crippen LogP contribution is 2.13. The number of carbonyl (C=O) groups is 1. The van der Waals surface area contributed by atoms with Gasteiger partial charge in [-0.1, -0.05) is 19.1 Å². The van der Waals surface area contributed by atoms with Crippen LogP contribution in [0.1, 0.15) is 18.9 Å². The first-order chi connectivity index (χ1) is 9.04. The Morgan fingerprint density at radius 2 is 1.79 bits per heavy atom. The normalized spacial score (nSPS) is 10.3. The standard InChI is InChI=1S/C15H25N3O/c1-5-10-16-11-13-6-8-14(9-7-13)18(4)12-15(19)17(2)3/h6-9,16H,5,10-12H2,1-4H3. The van der Waals surface area contributed by atoms with Gasteiger partial charge in [0.2, 0.25) is 5.91 Å². The Labute approximate surface area is 116 Å². The Hall–Kier alpha value is -1.55. The van der Waals surface area contributed by atoms with Gasteiger partial charge in [0.25, 0.3) is 0 Å². The zero-order chi connectivity index (χ0) is 14.3. The SMILES string of the molecule is CCCNCc1ccc(N(C)CC(=O)N(C)C)cc1. The second-order valence-corrected chi connectivity index (χ2v) is 4.99. The molecule has 0 saturated heterocycles. The molecule has 0 aliphatic carbocycles. The van der Waals surface area contributed by atoms with E-state index in [1.165, 1.54) is 5.56 Å². The molecule has 0 fully saturated rings. The topological polar surface area (TPSA) is 35.6 Å². The van der Waals surface area contributed by atoms with Crippen molar-refractivity contribution in [1.29, 1.82) is 0 Å². The maximum absolute atomic E-state index is 11.6. The van der Waals surface area contributed by atoms with Gasteiger partial charge in [0.1, 0.15) is 0 Å². The first kappa shape index (κ1) is 15.5. The fraction of sp³-hybridized carbons (Fsp3) is 0.533. The molecule has 106 valence electrons. The van der Waals surface area contributed by atoms with Gasteiger partial charge in [-0.15, -0.1) is 0 Å². The van der Waals surface area contributed by atoms with Crippen molar-refractivity contribution in [2.24, 2.45) is 0 Å². The highest BCUT2D eigenvalue weighted by molar-refractivity contribution is 5.80. The lowest BCUT2D eigenvalue weighted by Gasteiger charge is -2.21. The summed E-state index contributed by atoms with van der Waals surface area (Å²) in [5.74, 6) is 0.108. The molecule has 0 unspecified atom stereocenters. The van der Waals surface area contributed by atoms with Crippen molar-refractivity contribution in [3.8, 4) is 0 Å². The summed E-state index contributed by atoms with van der Waals surface area (Å²) in [6.45, 7) is 4.50. The molecule has 0 spiro atoms. The van der Waals surface area contributed by atoms with E-state index in [9.17, 15) is 4.79 Å². The van der Waals surface area contributed by atoms with E-state index < -0.39 is 0 Å². The predicted octanol–water partition coefficient (Wildman–Crippen LogP) is 1.71. The Balaban J connectivity index is 2.53. The average molecular weight is 263 g/mol. The number of anilines is 1. The summed E-state index contributed by atoms with van der Waals surface area (Å²) < 4.78 is 0. The summed E-state index contributed by atoms with van der Waals surface area (Å²) in [6.07, 6.45) is 1.15. The molecule has 4 heteroatoms. The molecule has 0 saturated carbocycles. The van der Waals surface area contributed by atoms with E-state index in [2.05, 4.69) is 36.5 Å². The van der Waals surface area contributed by atoms with Crippen molar-refractivity contribution in [3.63, 3.8) is 0 Å². The Morgan fingerprint density at radius 1 is 1.16 bits per heavy atom. The maximum atomic E-state index is 11.6. The van der Waals surface area contributed by atoms with Crippen molar-refractivity contribution in [2.75, 3.05) is 39.1 Å². The molecular formula is C15H25N3O. The van der Waals surface area contributed by atoms with Crippen molar-refractivity contribution in [2.45, 2.75) is 19.9 Å². The van der Waals surface area contributed by atoms with Crippen LogP contribution in [0.4, 0.5) is 5.69 Å². The van der Waals surface area contributed by atoms with Gasteiger partial charge in [0.05, 0.1) is 6.54 Å². The molecule has 0 aromatic heterocycles. The average Bonchev–Trinajstić information content (AvgIpc) is 2.39. The molecule has 0 aliphatic heterocycles. The van der Waals surface area contributed by atoms with Crippen LogP contribution >= 0.6 is 0 Å². The summed E-state index contributed by atoms with van der Waals surface area (Å²) >= 11 is 0. The predicted molar refractivity (Wildman–Crippen MR) is 80.4 cm³/mol. The molecule has 0 radical (unpaired) electrons. The fourth-order valence-corrected chi connectivity index (χ4v) is 1.71. The Bertz CT molecular complexity index is 387. The van der Waals surface area contributed by atoms with Gasteiger partial charge in [-0.2, -0.15) is 0 Å². The van der Waals surface area contributed by atoms with Crippen molar-refractivity contribution in [3.05, 3.63) is 29.8 Å². The lowest BCUT2D eigenvalue weighted by Crippen LogP contribution is -2.34. The van der Waals surface area contributed by atoms with Crippen LogP contribution in [0.25, 0.3) is 0 Å².